The number of carbonyl (C=O) groups is 1. The van der Waals surface area contributed by atoms with Crippen molar-refractivity contribution in [2.24, 2.45) is 11.7 Å². The van der Waals surface area contributed by atoms with Crippen LogP contribution in [0.4, 0.5) is 0 Å². The predicted molar refractivity (Wildman–Crippen MR) is 95.8 cm³/mol. The van der Waals surface area contributed by atoms with Gasteiger partial charge in [-0.3, -0.25) is 4.79 Å². The zero-order valence-electron chi connectivity index (χ0n) is 13.0. The standard InChI is InChI=1S/C16H25N3O.2ClH/c1-2-19-9-8-14(12-19)11-18-16(20)15(17)10-13-6-4-3-5-7-13;;/h3-7,14-15H,2,8-12,17H2,1H3,(H,18,20);2*1H/t14?,15-;;/m0../s1. The maximum Gasteiger partial charge on any atom is 0.237 e. The van der Waals surface area contributed by atoms with E-state index in [1.54, 1.807) is 0 Å². The second-order valence-electron chi connectivity index (χ2n) is 5.59. The number of hydrogen-bond acceptors (Lipinski definition) is 3. The summed E-state index contributed by atoms with van der Waals surface area (Å²) in [6.45, 7) is 6.25. The van der Waals surface area contributed by atoms with Crippen LogP contribution in [0.1, 0.15) is 18.9 Å². The Hall–Kier alpha value is -0.810. The average Bonchev–Trinajstić information content (AvgIpc) is 2.93. The van der Waals surface area contributed by atoms with Gasteiger partial charge in [0.2, 0.25) is 5.91 Å². The van der Waals surface area contributed by atoms with Crippen LogP contribution in [0.5, 0.6) is 0 Å². The molecule has 1 aromatic carbocycles. The monoisotopic (exact) mass is 347 g/mol. The fraction of sp³-hybridized carbons (Fsp3) is 0.562. The van der Waals surface area contributed by atoms with Gasteiger partial charge >= 0.3 is 0 Å². The van der Waals surface area contributed by atoms with Gasteiger partial charge < -0.3 is 16.0 Å². The molecule has 6 heteroatoms. The van der Waals surface area contributed by atoms with Gasteiger partial charge in [0.25, 0.3) is 0 Å². The van der Waals surface area contributed by atoms with Crippen LogP contribution in [0.15, 0.2) is 30.3 Å². The third-order valence-electron chi connectivity index (χ3n) is 4.02. The molecule has 1 unspecified atom stereocenters. The van der Waals surface area contributed by atoms with Crippen molar-refractivity contribution < 1.29 is 4.79 Å². The van der Waals surface area contributed by atoms with Crippen LogP contribution in [0.3, 0.4) is 0 Å². The van der Waals surface area contributed by atoms with E-state index in [-0.39, 0.29) is 30.7 Å². The molecule has 0 aliphatic carbocycles. The van der Waals surface area contributed by atoms with Crippen molar-refractivity contribution in [3.8, 4) is 0 Å². The molecule has 1 saturated heterocycles. The van der Waals surface area contributed by atoms with Gasteiger partial charge in [0, 0.05) is 13.1 Å². The highest BCUT2D eigenvalue weighted by Crippen LogP contribution is 2.14. The molecule has 0 saturated carbocycles. The molecule has 3 N–H and O–H groups in total. The number of likely N-dealkylation sites (tertiary alicyclic amines) is 1. The zero-order valence-corrected chi connectivity index (χ0v) is 14.7. The largest absolute Gasteiger partial charge is 0.354 e. The van der Waals surface area contributed by atoms with Gasteiger partial charge in [-0.25, -0.2) is 0 Å². The maximum absolute atomic E-state index is 12.0. The lowest BCUT2D eigenvalue weighted by Gasteiger charge is -2.16. The van der Waals surface area contributed by atoms with E-state index in [4.69, 9.17) is 5.73 Å². The lowest BCUT2D eigenvalue weighted by molar-refractivity contribution is -0.122. The van der Waals surface area contributed by atoms with Crippen LogP contribution < -0.4 is 11.1 Å². The quantitative estimate of drug-likeness (QED) is 0.825. The maximum atomic E-state index is 12.0. The fourth-order valence-electron chi connectivity index (χ4n) is 2.70. The van der Waals surface area contributed by atoms with E-state index in [0.717, 1.165) is 31.7 Å². The van der Waals surface area contributed by atoms with Crippen LogP contribution in [0, 0.1) is 5.92 Å². The Morgan fingerprint density at radius 3 is 2.64 bits per heavy atom. The normalized spacial score (nSPS) is 18.9. The van der Waals surface area contributed by atoms with E-state index in [2.05, 4.69) is 17.1 Å². The molecular weight excluding hydrogens is 321 g/mol. The molecule has 2 rings (SSSR count). The first-order chi connectivity index (χ1) is 9.69. The number of benzene rings is 1. The molecule has 0 spiro atoms. The highest BCUT2D eigenvalue weighted by atomic mass is 35.5. The third-order valence-corrected chi connectivity index (χ3v) is 4.02. The van der Waals surface area contributed by atoms with Gasteiger partial charge in [-0.15, -0.1) is 24.8 Å². The average molecular weight is 348 g/mol. The Balaban J connectivity index is 0.00000220. The Morgan fingerprint density at radius 1 is 1.36 bits per heavy atom. The fourth-order valence-corrected chi connectivity index (χ4v) is 2.70. The van der Waals surface area contributed by atoms with Crippen LogP contribution in [0.2, 0.25) is 0 Å². The zero-order chi connectivity index (χ0) is 14.4. The summed E-state index contributed by atoms with van der Waals surface area (Å²) in [6.07, 6.45) is 1.76. The highest BCUT2D eigenvalue weighted by Gasteiger charge is 2.22. The van der Waals surface area contributed by atoms with Crippen molar-refractivity contribution in [2.45, 2.75) is 25.8 Å². The number of hydrogen-bond donors (Lipinski definition) is 2. The summed E-state index contributed by atoms with van der Waals surface area (Å²) in [6, 6.07) is 9.46. The van der Waals surface area contributed by atoms with Gasteiger partial charge in [0.05, 0.1) is 6.04 Å². The van der Waals surface area contributed by atoms with Crippen LogP contribution in [0.25, 0.3) is 0 Å². The van der Waals surface area contributed by atoms with Crippen molar-refractivity contribution in [1.29, 1.82) is 0 Å². The molecule has 1 aromatic rings. The first-order valence-electron chi connectivity index (χ1n) is 7.48. The number of nitrogens with zero attached hydrogens (tertiary/aromatic N) is 1. The topological polar surface area (TPSA) is 58.4 Å². The van der Waals surface area contributed by atoms with Gasteiger partial charge in [0.15, 0.2) is 0 Å². The molecule has 4 nitrogen and oxygen atoms in total. The molecule has 1 fully saturated rings. The summed E-state index contributed by atoms with van der Waals surface area (Å²) in [7, 11) is 0. The summed E-state index contributed by atoms with van der Waals surface area (Å²) in [5, 5.41) is 3.00. The Bertz CT molecular complexity index is 431. The van der Waals surface area contributed by atoms with Gasteiger partial charge in [0.1, 0.15) is 0 Å². The van der Waals surface area contributed by atoms with E-state index in [1.807, 2.05) is 30.3 Å². The smallest absolute Gasteiger partial charge is 0.237 e. The molecule has 1 amide bonds. The second kappa shape index (κ2) is 10.8. The second-order valence-corrected chi connectivity index (χ2v) is 5.59. The van der Waals surface area contributed by atoms with Crippen LogP contribution >= 0.6 is 24.8 Å². The Kier molecular flexibility index (Phi) is 10.4. The van der Waals surface area contributed by atoms with Gasteiger partial charge in [-0.1, -0.05) is 37.3 Å². The SMILES string of the molecule is CCN1CCC(CNC(=O)[C@@H](N)Cc2ccccc2)C1.Cl.Cl. The van der Waals surface area contributed by atoms with Crippen molar-refractivity contribution in [1.82, 2.24) is 10.2 Å². The van der Waals surface area contributed by atoms with Crippen LogP contribution in [-0.2, 0) is 11.2 Å². The van der Waals surface area contributed by atoms with Crippen molar-refractivity contribution >= 4 is 30.7 Å². The molecule has 2 atom stereocenters. The molecule has 22 heavy (non-hydrogen) atoms. The number of rotatable bonds is 6. The molecule has 1 aliphatic heterocycles. The number of halogens is 2. The number of nitrogens with one attached hydrogen (secondary N) is 1. The minimum Gasteiger partial charge on any atom is -0.354 e. The van der Waals surface area contributed by atoms with Crippen molar-refractivity contribution in [2.75, 3.05) is 26.2 Å². The molecule has 126 valence electrons. The summed E-state index contributed by atoms with van der Waals surface area (Å²) < 4.78 is 0. The van der Waals surface area contributed by atoms with E-state index in [9.17, 15) is 4.79 Å². The number of amides is 1. The summed E-state index contributed by atoms with van der Waals surface area (Å²) in [5.74, 6) is 0.534. The lowest BCUT2D eigenvalue weighted by Crippen LogP contribution is -2.43. The lowest BCUT2D eigenvalue weighted by atomic mass is 10.1. The molecule has 1 aliphatic rings. The molecule has 1 heterocycles. The Labute approximate surface area is 145 Å². The van der Waals surface area contributed by atoms with E-state index in [0.29, 0.717) is 12.3 Å². The van der Waals surface area contributed by atoms with E-state index in [1.165, 1.54) is 6.42 Å². The number of carbonyl (C=O) groups excluding carboxylic acids is 1. The molecule has 0 radical (unpaired) electrons. The molecule has 0 bridgehead atoms. The van der Waals surface area contributed by atoms with Crippen molar-refractivity contribution in [3.63, 3.8) is 0 Å². The van der Waals surface area contributed by atoms with E-state index >= 15 is 0 Å². The molecule has 0 aromatic heterocycles. The van der Waals surface area contributed by atoms with Gasteiger partial charge in [-0.2, -0.15) is 0 Å². The summed E-state index contributed by atoms with van der Waals surface area (Å²) in [4.78, 5) is 14.4. The van der Waals surface area contributed by atoms with Crippen molar-refractivity contribution in [3.05, 3.63) is 35.9 Å². The first-order valence-corrected chi connectivity index (χ1v) is 7.48. The van der Waals surface area contributed by atoms with Crippen LogP contribution in [-0.4, -0.2) is 43.0 Å². The third kappa shape index (κ3) is 6.53. The highest BCUT2D eigenvalue weighted by molar-refractivity contribution is 5.85. The molecular formula is C16H27Cl2N3O. The predicted octanol–water partition coefficient (Wildman–Crippen LogP) is 1.86. The summed E-state index contributed by atoms with van der Waals surface area (Å²) in [5.41, 5.74) is 7.07. The van der Waals surface area contributed by atoms with E-state index < -0.39 is 6.04 Å². The first kappa shape index (κ1) is 21.2. The number of nitrogens with two attached hydrogens (primary N) is 1. The summed E-state index contributed by atoms with van der Waals surface area (Å²) >= 11 is 0. The minimum absolute atomic E-state index is 0. The minimum atomic E-state index is -0.457. The van der Waals surface area contributed by atoms with Gasteiger partial charge in [-0.05, 0) is 37.4 Å². The Morgan fingerprint density at radius 2 is 2.05 bits per heavy atom.